The molecule has 7 aromatic rings. The molecule has 0 aliphatic heterocycles. The number of fused-ring (bicyclic) bond motifs is 5. The molecule has 1 aliphatic rings. The number of rotatable bonds is 3. The minimum Gasteiger partial charge on any atom is -0.0626 e. The quantitative estimate of drug-likeness (QED) is 0.207. The molecule has 0 nitrogen and oxygen atoms in total. The summed E-state index contributed by atoms with van der Waals surface area (Å²) in [7, 11) is 0. The summed E-state index contributed by atoms with van der Waals surface area (Å²) in [6.07, 6.45) is 3.50. The van der Waals surface area contributed by atoms with Crippen molar-refractivity contribution in [1.82, 2.24) is 0 Å². The van der Waals surface area contributed by atoms with Crippen LogP contribution in [0.4, 0.5) is 0 Å². The molecule has 8 rings (SSSR count). The maximum atomic E-state index is 2.50. The van der Waals surface area contributed by atoms with Gasteiger partial charge in [0.1, 0.15) is 0 Å². The third-order valence-electron chi connectivity index (χ3n) is 8.89. The van der Waals surface area contributed by atoms with Gasteiger partial charge in [0.05, 0.1) is 0 Å². The fourth-order valence-corrected chi connectivity index (χ4v) is 6.89. The van der Waals surface area contributed by atoms with Crippen LogP contribution in [0, 0.1) is 5.92 Å². The molecular formula is C40H30. The lowest BCUT2D eigenvalue weighted by atomic mass is 9.84. The van der Waals surface area contributed by atoms with E-state index in [2.05, 4.69) is 141 Å². The first kappa shape index (κ1) is 23.2. The Balaban J connectivity index is 1.50. The van der Waals surface area contributed by atoms with E-state index in [1.54, 1.807) is 0 Å². The Kier molecular flexibility index (Phi) is 5.19. The van der Waals surface area contributed by atoms with Crippen LogP contribution in [0.5, 0.6) is 0 Å². The molecule has 0 spiro atoms. The van der Waals surface area contributed by atoms with Gasteiger partial charge >= 0.3 is 0 Å². The topological polar surface area (TPSA) is 0 Å². The number of benzene rings is 7. The van der Waals surface area contributed by atoms with Crippen LogP contribution in [0.2, 0.25) is 0 Å². The minimum absolute atomic E-state index is 0.502. The van der Waals surface area contributed by atoms with Crippen molar-refractivity contribution in [2.45, 2.75) is 20.3 Å². The Labute approximate surface area is 235 Å². The van der Waals surface area contributed by atoms with E-state index >= 15 is 0 Å². The molecule has 40 heavy (non-hydrogen) atoms. The first-order chi connectivity index (χ1) is 19.7. The highest BCUT2D eigenvalue weighted by Gasteiger charge is 2.25. The standard InChI is InChI=1S/C40H30/c1-25(2)30-23-37-35(39-31-15-7-3-11-26(31)21-27-12-4-8-16-32(27)39)19-20-36(38(37)24-30)40-33-17-9-5-13-28(33)22-29-14-6-10-18-34(29)40/h3-23,25H,24H2,1-2H3. The van der Waals surface area contributed by atoms with E-state index in [1.165, 1.54) is 82.0 Å². The predicted molar refractivity (Wildman–Crippen MR) is 174 cm³/mol. The lowest BCUT2D eigenvalue weighted by Crippen LogP contribution is -1.98. The van der Waals surface area contributed by atoms with Crippen molar-refractivity contribution >= 4 is 49.2 Å². The molecule has 1 aliphatic carbocycles. The molecule has 0 saturated carbocycles. The molecule has 0 N–H and O–H groups in total. The van der Waals surface area contributed by atoms with Gasteiger partial charge < -0.3 is 0 Å². The van der Waals surface area contributed by atoms with Crippen molar-refractivity contribution in [1.29, 1.82) is 0 Å². The smallest absolute Gasteiger partial charge is 0.00207 e. The Hall–Kier alpha value is -4.68. The second-order valence-electron chi connectivity index (χ2n) is 11.5. The molecule has 190 valence electrons. The minimum atomic E-state index is 0.502. The van der Waals surface area contributed by atoms with E-state index in [1.807, 2.05) is 0 Å². The number of hydrogen-bond acceptors (Lipinski definition) is 0. The molecule has 0 fully saturated rings. The molecule has 0 unspecified atom stereocenters. The van der Waals surface area contributed by atoms with Crippen molar-refractivity contribution in [3.63, 3.8) is 0 Å². The van der Waals surface area contributed by atoms with Crippen LogP contribution in [-0.4, -0.2) is 0 Å². The summed E-state index contributed by atoms with van der Waals surface area (Å²) in [5.74, 6) is 0.502. The van der Waals surface area contributed by atoms with E-state index < -0.39 is 0 Å². The van der Waals surface area contributed by atoms with E-state index in [4.69, 9.17) is 0 Å². The SMILES string of the molecule is CC(C)C1=Cc2c(-c3c4ccccc4cc4ccccc34)ccc(-c3c4ccccc4cc4ccccc34)c2C1. The van der Waals surface area contributed by atoms with Crippen molar-refractivity contribution in [2.75, 3.05) is 0 Å². The average molecular weight is 511 g/mol. The van der Waals surface area contributed by atoms with Crippen LogP contribution in [0.1, 0.15) is 25.0 Å². The van der Waals surface area contributed by atoms with Crippen molar-refractivity contribution in [3.8, 4) is 22.3 Å². The van der Waals surface area contributed by atoms with Crippen LogP contribution >= 0.6 is 0 Å². The zero-order chi connectivity index (χ0) is 26.8. The summed E-state index contributed by atoms with van der Waals surface area (Å²) in [5, 5.41) is 10.5. The van der Waals surface area contributed by atoms with Crippen LogP contribution < -0.4 is 0 Å². The maximum absolute atomic E-state index is 2.50. The highest BCUT2D eigenvalue weighted by atomic mass is 14.3. The zero-order valence-electron chi connectivity index (χ0n) is 22.9. The van der Waals surface area contributed by atoms with Crippen LogP contribution in [0.25, 0.3) is 71.4 Å². The van der Waals surface area contributed by atoms with E-state index in [0.29, 0.717) is 5.92 Å². The summed E-state index contributed by atoms with van der Waals surface area (Å²) in [4.78, 5) is 0. The summed E-state index contributed by atoms with van der Waals surface area (Å²) < 4.78 is 0. The van der Waals surface area contributed by atoms with E-state index in [0.717, 1.165) is 6.42 Å². The van der Waals surface area contributed by atoms with Gasteiger partial charge in [-0.05, 0) is 101 Å². The normalized spacial score (nSPS) is 13.0. The van der Waals surface area contributed by atoms with Gasteiger partial charge in [0.25, 0.3) is 0 Å². The van der Waals surface area contributed by atoms with Gasteiger partial charge in [-0.1, -0.05) is 135 Å². The van der Waals surface area contributed by atoms with Gasteiger partial charge in [0.15, 0.2) is 0 Å². The van der Waals surface area contributed by atoms with Crippen molar-refractivity contribution in [2.24, 2.45) is 5.92 Å². The molecule has 0 atom stereocenters. The maximum Gasteiger partial charge on any atom is -0.00207 e. The Morgan fingerprint density at radius 2 is 0.875 bits per heavy atom. The second-order valence-corrected chi connectivity index (χ2v) is 11.5. The summed E-state index contributed by atoms with van der Waals surface area (Å²) >= 11 is 0. The summed E-state index contributed by atoms with van der Waals surface area (Å²) in [5.41, 5.74) is 9.77. The summed E-state index contributed by atoms with van der Waals surface area (Å²) in [6, 6.07) is 44.9. The third kappa shape index (κ3) is 3.46. The van der Waals surface area contributed by atoms with Crippen molar-refractivity contribution < 1.29 is 0 Å². The number of allylic oxidation sites excluding steroid dienone is 1. The zero-order valence-corrected chi connectivity index (χ0v) is 22.9. The molecule has 0 amide bonds. The third-order valence-corrected chi connectivity index (χ3v) is 8.89. The molecule has 0 aromatic heterocycles. The second kappa shape index (κ2) is 8.93. The van der Waals surface area contributed by atoms with Gasteiger partial charge in [-0.25, -0.2) is 0 Å². The fourth-order valence-electron chi connectivity index (χ4n) is 6.89. The Morgan fingerprint density at radius 1 is 0.475 bits per heavy atom. The first-order valence-electron chi connectivity index (χ1n) is 14.4. The molecule has 0 saturated heterocycles. The van der Waals surface area contributed by atoms with Crippen LogP contribution in [0.3, 0.4) is 0 Å². The summed E-state index contributed by atoms with van der Waals surface area (Å²) in [6.45, 7) is 4.66. The lowest BCUT2D eigenvalue weighted by Gasteiger charge is -2.19. The van der Waals surface area contributed by atoms with Gasteiger partial charge in [0, 0.05) is 0 Å². The molecule has 0 heteroatoms. The first-order valence-corrected chi connectivity index (χ1v) is 14.4. The van der Waals surface area contributed by atoms with Gasteiger partial charge in [-0.2, -0.15) is 0 Å². The van der Waals surface area contributed by atoms with Gasteiger partial charge in [0.2, 0.25) is 0 Å². The molecule has 7 aromatic carbocycles. The number of hydrogen-bond donors (Lipinski definition) is 0. The molecular weight excluding hydrogens is 480 g/mol. The average Bonchev–Trinajstić information content (AvgIpc) is 3.45. The molecule has 0 radical (unpaired) electrons. The van der Waals surface area contributed by atoms with Crippen LogP contribution in [-0.2, 0) is 6.42 Å². The lowest BCUT2D eigenvalue weighted by molar-refractivity contribution is 0.755. The molecule has 0 heterocycles. The van der Waals surface area contributed by atoms with Crippen molar-refractivity contribution in [3.05, 3.63) is 138 Å². The Bertz CT molecular complexity index is 2050. The highest BCUT2D eigenvalue weighted by Crippen LogP contribution is 2.47. The predicted octanol–water partition coefficient (Wildman–Crippen LogP) is 11.2. The highest BCUT2D eigenvalue weighted by molar-refractivity contribution is 6.16. The fraction of sp³-hybridized carbons (Fsp3) is 0.100. The molecule has 0 bridgehead atoms. The van der Waals surface area contributed by atoms with E-state index in [-0.39, 0.29) is 0 Å². The van der Waals surface area contributed by atoms with Gasteiger partial charge in [-0.3, -0.25) is 0 Å². The monoisotopic (exact) mass is 510 g/mol. The largest absolute Gasteiger partial charge is 0.0626 e. The van der Waals surface area contributed by atoms with Gasteiger partial charge in [-0.15, -0.1) is 0 Å². The van der Waals surface area contributed by atoms with Crippen LogP contribution in [0.15, 0.2) is 127 Å². The Morgan fingerprint density at radius 3 is 1.32 bits per heavy atom. The van der Waals surface area contributed by atoms with E-state index in [9.17, 15) is 0 Å².